The molecular weight excluding hydrogens is 222 g/mol. The quantitative estimate of drug-likeness (QED) is 0.679. The first-order valence-electron chi connectivity index (χ1n) is 3.67. The maximum absolute atomic E-state index is 11.4. The summed E-state index contributed by atoms with van der Waals surface area (Å²) in [6.45, 7) is 1.24. The van der Waals surface area contributed by atoms with Gasteiger partial charge in [0.2, 0.25) is 5.78 Å². The van der Waals surface area contributed by atoms with Crippen molar-refractivity contribution in [2.45, 2.75) is 6.54 Å². The van der Waals surface area contributed by atoms with Crippen LogP contribution in [0.25, 0.3) is 0 Å². The van der Waals surface area contributed by atoms with Crippen LogP contribution in [-0.4, -0.2) is 24.3 Å². The van der Waals surface area contributed by atoms with Crippen LogP contribution in [0, 0.1) is 0 Å². The summed E-state index contributed by atoms with van der Waals surface area (Å²) in [6.07, 6.45) is 0. The van der Waals surface area contributed by atoms with Gasteiger partial charge in [-0.2, -0.15) is 0 Å². The number of carbonyl (C=O) groups excluding carboxylic acids is 1. The third-order valence-electron chi connectivity index (χ3n) is 1.89. The molecule has 0 amide bonds. The maximum Gasteiger partial charge on any atom is 0.212 e. The Morgan fingerprint density at radius 2 is 2.33 bits per heavy atom. The van der Waals surface area contributed by atoms with Crippen LogP contribution in [0.4, 0.5) is 0 Å². The second-order valence-corrected chi connectivity index (χ2v) is 3.78. The number of halogens is 1. The molecule has 2 heterocycles. The van der Waals surface area contributed by atoms with Crippen LogP contribution < -0.4 is 0 Å². The minimum Gasteiger partial charge on any atom is -0.446 e. The molecule has 1 aromatic rings. The SMILES string of the molecule is CN1CC(=O)c2oc(Br)cc2C1. The first-order valence-corrected chi connectivity index (χ1v) is 4.46. The zero-order valence-corrected chi connectivity index (χ0v) is 8.22. The molecule has 0 saturated carbocycles. The summed E-state index contributed by atoms with van der Waals surface area (Å²) in [5, 5.41) is 0. The van der Waals surface area contributed by atoms with E-state index >= 15 is 0 Å². The van der Waals surface area contributed by atoms with Gasteiger partial charge in [0.25, 0.3) is 0 Å². The molecule has 2 rings (SSSR count). The molecule has 0 aromatic carbocycles. The van der Waals surface area contributed by atoms with Crippen LogP contribution in [-0.2, 0) is 6.54 Å². The highest BCUT2D eigenvalue weighted by molar-refractivity contribution is 9.10. The zero-order valence-electron chi connectivity index (χ0n) is 6.63. The van der Waals surface area contributed by atoms with Crippen molar-refractivity contribution in [3.63, 3.8) is 0 Å². The number of hydrogen-bond acceptors (Lipinski definition) is 3. The van der Waals surface area contributed by atoms with E-state index in [1.807, 2.05) is 18.0 Å². The number of rotatable bonds is 0. The van der Waals surface area contributed by atoms with Gasteiger partial charge in [-0.25, -0.2) is 0 Å². The second kappa shape index (κ2) is 2.71. The molecule has 1 aromatic heterocycles. The normalized spacial score (nSPS) is 18.0. The van der Waals surface area contributed by atoms with Crippen LogP contribution in [0.2, 0.25) is 0 Å². The lowest BCUT2D eigenvalue weighted by Crippen LogP contribution is -2.30. The van der Waals surface area contributed by atoms with Crippen molar-refractivity contribution >= 4 is 21.7 Å². The minimum absolute atomic E-state index is 0.0597. The monoisotopic (exact) mass is 229 g/mol. The molecule has 4 heteroatoms. The van der Waals surface area contributed by atoms with Gasteiger partial charge in [0.05, 0.1) is 6.54 Å². The van der Waals surface area contributed by atoms with E-state index in [1.165, 1.54) is 0 Å². The van der Waals surface area contributed by atoms with Crippen molar-refractivity contribution in [1.29, 1.82) is 0 Å². The molecule has 0 bridgehead atoms. The number of furan rings is 1. The molecular formula is C8H8BrNO2. The first kappa shape index (κ1) is 8.01. The summed E-state index contributed by atoms with van der Waals surface area (Å²) < 4.78 is 5.84. The molecule has 0 radical (unpaired) electrons. The van der Waals surface area contributed by atoms with Crippen LogP contribution in [0.1, 0.15) is 16.1 Å². The van der Waals surface area contributed by atoms with Crippen molar-refractivity contribution in [3.05, 3.63) is 22.1 Å². The highest BCUT2D eigenvalue weighted by Crippen LogP contribution is 2.24. The van der Waals surface area contributed by atoms with E-state index in [0.29, 0.717) is 17.0 Å². The van der Waals surface area contributed by atoms with Gasteiger partial charge in [-0.15, -0.1) is 0 Å². The van der Waals surface area contributed by atoms with Crippen molar-refractivity contribution in [3.8, 4) is 0 Å². The highest BCUT2D eigenvalue weighted by Gasteiger charge is 2.24. The standard InChI is InChI=1S/C8H8BrNO2/c1-10-3-5-2-7(9)12-8(5)6(11)4-10/h2H,3-4H2,1H3. The van der Waals surface area contributed by atoms with Crippen molar-refractivity contribution in [1.82, 2.24) is 4.90 Å². The fourth-order valence-corrected chi connectivity index (χ4v) is 1.85. The summed E-state index contributed by atoms with van der Waals surface area (Å²) >= 11 is 3.20. The number of carbonyl (C=O) groups is 1. The van der Waals surface area contributed by atoms with Gasteiger partial charge in [0.15, 0.2) is 10.4 Å². The van der Waals surface area contributed by atoms with Gasteiger partial charge in [-0.1, -0.05) is 0 Å². The van der Waals surface area contributed by atoms with Gasteiger partial charge in [-0.3, -0.25) is 9.69 Å². The van der Waals surface area contributed by atoms with E-state index in [1.54, 1.807) is 0 Å². The maximum atomic E-state index is 11.4. The lowest BCUT2D eigenvalue weighted by molar-refractivity contribution is 0.0890. The summed E-state index contributed by atoms with van der Waals surface area (Å²) in [4.78, 5) is 13.3. The van der Waals surface area contributed by atoms with Crippen LogP contribution >= 0.6 is 15.9 Å². The molecule has 64 valence electrons. The number of ketones is 1. The molecule has 0 aliphatic carbocycles. The molecule has 1 aliphatic rings. The van der Waals surface area contributed by atoms with Gasteiger partial charge < -0.3 is 4.42 Å². The zero-order chi connectivity index (χ0) is 8.72. The van der Waals surface area contributed by atoms with E-state index in [0.717, 1.165) is 12.1 Å². The summed E-state index contributed by atoms with van der Waals surface area (Å²) in [5.74, 6) is 0.574. The molecule has 3 nitrogen and oxygen atoms in total. The van der Waals surface area contributed by atoms with Crippen LogP contribution in [0.3, 0.4) is 0 Å². The molecule has 1 aliphatic heterocycles. The fourth-order valence-electron chi connectivity index (χ4n) is 1.41. The third kappa shape index (κ3) is 1.21. The van der Waals surface area contributed by atoms with Crippen LogP contribution in [0.5, 0.6) is 0 Å². The average Bonchev–Trinajstić information content (AvgIpc) is 2.29. The Bertz CT molecular complexity index is 332. The van der Waals surface area contributed by atoms with Gasteiger partial charge >= 0.3 is 0 Å². The van der Waals surface area contributed by atoms with Gasteiger partial charge in [-0.05, 0) is 29.0 Å². The lowest BCUT2D eigenvalue weighted by Gasteiger charge is -2.19. The minimum atomic E-state index is 0.0597. The Balaban J connectivity index is 2.46. The summed E-state index contributed by atoms with van der Waals surface area (Å²) in [6, 6.07) is 1.85. The predicted molar refractivity (Wildman–Crippen MR) is 47.1 cm³/mol. The molecule has 0 N–H and O–H groups in total. The first-order chi connectivity index (χ1) is 5.66. The third-order valence-corrected chi connectivity index (χ3v) is 2.28. The van der Waals surface area contributed by atoms with E-state index in [-0.39, 0.29) is 5.78 Å². The van der Waals surface area contributed by atoms with E-state index in [2.05, 4.69) is 15.9 Å². The molecule has 12 heavy (non-hydrogen) atoms. The summed E-state index contributed by atoms with van der Waals surface area (Å²) in [5.41, 5.74) is 0.973. The molecule has 0 fully saturated rings. The molecule has 0 spiro atoms. The van der Waals surface area contributed by atoms with Crippen molar-refractivity contribution in [2.75, 3.05) is 13.6 Å². The topological polar surface area (TPSA) is 33.5 Å². The number of hydrogen-bond donors (Lipinski definition) is 0. The highest BCUT2D eigenvalue weighted by atomic mass is 79.9. The van der Waals surface area contributed by atoms with Crippen molar-refractivity contribution < 1.29 is 9.21 Å². The number of likely N-dealkylation sites (N-methyl/N-ethyl adjacent to an activating group) is 1. The Labute approximate surface area is 78.5 Å². The number of Topliss-reactive ketones (excluding diaryl/α,β-unsaturated/α-hetero) is 1. The van der Waals surface area contributed by atoms with Crippen LogP contribution in [0.15, 0.2) is 15.2 Å². The van der Waals surface area contributed by atoms with E-state index in [4.69, 9.17) is 4.42 Å². The van der Waals surface area contributed by atoms with Gasteiger partial charge in [0, 0.05) is 12.1 Å². The Hall–Kier alpha value is -0.610. The Morgan fingerprint density at radius 3 is 3.08 bits per heavy atom. The fraction of sp³-hybridized carbons (Fsp3) is 0.375. The number of fused-ring (bicyclic) bond motifs is 1. The average molecular weight is 230 g/mol. The van der Waals surface area contributed by atoms with E-state index < -0.39 is 0 Å². The second-order valence-electron chi connectivity index (χ2n) is 3.00. The molecule has 0 saturated heterocycles. The molecule has 0 atom stereocenters. The largest absolute Gasteiger partial charge is 0.446 e. The summed E-state index contributed by atoms with van der Waals surface area (Å²) in [7, 11) is 1.92. The van der Waals surface area contributed by atoms with Crippen molar-refractivity contribution in [2.24, 2.45) is 0 Å². The predicted octanol–water partition coefficient (Wildman–Crippen LogP) is 1.67. The molecule has 0 unspecified atom stereocenters. The van der Waals surface area contributed by atoms with Gasteiger partial charge in [0.1, 0.15) is 0 Å². The Morgan fingerprint density at radius 1 is 1.58 bits per heavy atom. The number of nitrogens with zero attached hydrogens (tertiary/aromatic N) is 1. The smallest absolute Gasteiger partial charge is 0.212 e. The lowest BCUT2D eigenvalue weighted by atomic mass is 10.1. The Kier molecular flexibility index (Phi) is 1.81. The van der Waals surface area contributed by atoms with E-state index in [9.17, 15) is 4.79 Å².